The summed E-state index contributed by atoms with van der Waals surface area (Å²) in [6, 6.07) is 0.00630. The summed E-state index contributed by atoms with van der Waals surface area (Å²) in [5.74, 6) is 0. The second kappa shape index (κ2) is 4.06. The first-order valence-corrected chi connectivity index (χ1v) is 6.92. The zero-order valence-electron chi connectivity index (χ0n) is 8.88. The van der Waals surface area contributed by atoms with E-state index in [0.29, 0.717) is 13.1 Å². The van der Waals surface area contributed by atoms with Gasteiger partial charge in [0.2, 0.25) is 5.03 Å². The van der Waals surface area contributed by atoms with Crippen LogP contribution in [0.4, 0.5) is 0 Å². The zero-order valence-corrected chi connectivity index (χ0v) is 11.3. The number of nitrogens with one attached hydrogen (secondary N) is 1. The molecular formula is C7H12BrN5O2S. The predicted molar refractivity (Wildman–Crippen MR) is 60.3 cm³/mol. The predicted octanol–water partition coefficient (Wildman–Crippen LogP) is -0.830. The largest absolute Gasteiger partial charge is 0.313 e. The third-order valence-electron chi connectivity index (χ3n) is 2.63. The Bertz CT molecular complexity index is 475. The van der Waals surface area contributed by atoms with E-state index in [4.69, 9.17) is 0 Å². The van der Waals surface area contributed by atoms with Gasteiger partial charge in [0.25, 0.3) is 10.0 Å². The van der Waals surface area contributed by atoms with E-state index in [-0.39, 0.29) is 15.7 Å². The highest BCUT2D eigenvalue weighted by molar-refractivity contribution is 9.10. The highest BCUT2D eigenvalue weighted by Crippen LogP contribution is 2.23. The molecule has 0 saturated carbocycles. The molecule has 90 valence electrons. The van der Waals surface area contributed by atoms with Crippen molar-refractivity contribution in [3.05, 3.63) is 4.60 Å². The van der Waals surface area contributed by atoms with Gasteiger partial charge in [0.05, 0.1) is 0 Å². The number of hydrogen-bond acceptors (Lipinski definition) is 5. The normalized spacial score (nSPS) is 17.8. The number of sulfonamides is 1. The Morgan fingerprint density at radius 3 is 2.56 bits per heavy atom. The lowest BCUT2D eigenvalue weighted by Crippen LogP contribution is -2.57. The van der Waals surface area contributed by atoms with Crippen LogP contribution in [-0.2, 0) is 17.1 Å². The first-order chi connectivity index (χ1) is 7.44. The summed E-state index contributed by atoms with van der Waals surface area (Å²) >= 11 is 3.09. The van der Waals surface area contributed by atoms with Gasteiger partial charge in [-0.05, 0) is 15.9 Å². The third kappa shape index (κ3) is 1.77. The van der Waals surface area contributed by atoms with Crippen LogP contribution < -0.4 is 5.32 Å². The van der Waals surface area contributed by atoms with Gasteiger partial charge in [0.1, 0.15) is 0 Å². The van der Waals surface area contributed by atoms with E-state index >= 15 is 0 Å². The molecule has 0 bridgehead atoms. The number of nitrogens with zero attached hydrogens (tertiary/aromatic N) is 4. The molecule has 0 amide bonds. The summed E-state index contributed by atoms with van der Waals surface area (Å²) in [6.45, 7) is 1.36. The van der Waals surface area contributed by atoms with Gasteiger partial charge >= 0.3 is 0 Å². The molecule has 2 heterocycles. The van der Waals surface area contributed by atoms with Gasteiger partial charge in [-0.25, -0.2) is 13.1 Å². The Morgan fingerprint density at radius 1 is 1.56 bits per heavy atom. The fraction of sp³-hybridized carbons (Fsp3) is 0.714. The fourth-order valence-electron chi connectivity index (χ4n) is 1.46. The molecule has 1 aliphatic heterocycles. The summed E-state index contributed by atoms with van der Waals surface area (Å²) in [6.07, 6.45) is 0. The molecule has 1 aliphatic rings. The van der Waals surface area contributed by atoms with Gasteiger partial charge in [-0.2, -0.15) is 4.31 Å². The van der Waals surface area contributed by atoms with Crippen LogP contribution in [0.1, 0.15) is 0 Å². The monoisotopic (exact) mass is 309 g/mol. The van der Waals surface area contributed by atoms with Crippen LogP contribution in [0.3, 0.4) is 0 Å². The average molecular weight is 310 g/mol. The maximum absolute atomic E-state index is 12.2. The number of rotatable bonds is 3. The lowest BCUT2D eigenvalue weighted by atomic mass is 10.2. The molecule has 2 rings (SSSR count). The molecule has 16 heavy (non-hydrogen) atoms. The number of hydrogen-bond donors (Lipinski definition) is 1. The third-order valence-corrected chi connectivity index (χ3v) is 5.43. The number of aromatic nitrogens is 3. The van der Waals surface area contributed by atoms with Gasteiger partial charge in [0.15, 0.2) is 4.60 Å². The maximum atomic E-state index is 12.2. The lowest BCUT2D eigenvalue weighted by Gasteiger charge is -2.34. The Hall–Kier alpha value is -0.510. The number of halogens is 1. The summed E-state index contributed by atoms with van der Waals surface area (Å²) in [5, 5.41) is 10.5. The topological polar surface area (TPSA) is 80.1 Å². The second-order valence-electron chi connectivity index (χ2n) is 3.64. The standard InChI is InChI=1S/C7H12BrN5O2S/c1-12-7(6(8)10-11-12)16(14,15)13(2)5-3-9-4-5/h5,9H,3-4H2,1-2H3. The van der Waals surface area contributed by atoms with Gasteiger partial charge < -0.3 is 5.32 Å². The van der Waals surface area contributed by atoms with Crippen molar-refractivity contribution < 1.29 is 8.42 Å². The van der Waals surface area contributed by atoms with Crippen LogP contribution in [0.15, 0.2) is 9.63 Å². The van der Waals surface area contributed by atoms with Crippen molar-refractivity contribution in [3.63, 3.8) is 0 Å². The van der Waals surface area contributed by atoms with Crippen LogP contribution in [0.2, 0.25) is 0 Å². The highest BCUT2D eigenvalue weighted by Gasteiger charge is 2.35. The quantitative estimate of drug-likeness (QED) is 0.788. The lowest BCUT2D eigenvalue weighted by molar-refractivity contribution is 0.272. The van der Waals surface area contributed by atoms with E-state index in [1.165, 1.54) is 8.99 Å². The summed E-state index contributed by atoms with van der Waals surface area (Å²) in [5.41, 5.74) is 0. The van der Waals surface area contributed by atoms with Crippen molar-refractivity contribution in [3.8, 4) is 0 Å². The van der Waals surface area contributed by atoms with Crippen LogP contribution in [0, 0.1) is 0 Å². The molecular weight excluding hydrogens is 298 g/mol. The maximum Gasteiger partial charge on any atom is 0.263 e. The van der Waals surface area contributed by atoms with Gasteiger partial charge in [-0.3, -0.25) is 0 Å². The van der Waals surface area contributed by atoms with E-state index in [2.05, 4.69) is 31.6 Å². The Morgan fingerprint density at radius 2 is 2.19 bits per heavy atom. The number of aryl methyl sites for hydroxylation is 1. The minimum atomic E-state index is -3.53. The fourth-order valence-corrected chi connectivity index (χ4v) is 3.84. The SMILES string of the molecule is CN(C1CNC1)S(=O)(=O)c1c(Br)nnn1C. The molecule has 0 spiro atoms. The van der Waals surface area contributed by atoms with Crippen molar-refractivity contribution >= 4 is 26.0 Å². The van der Waals surface area contributed by atoms with Gasteiger partial charge in [-0.1, -0.05) is 5.21 Å². The smallest absolute Gasteiger partial charge is 0.263 e. The Kier molecular flexibility index (Phi) is 3.03. The first-order valence-electron chi connectivity index (χ1n) is 4.68. The minimum absolute atomic E-state index is 0.00630. The van der Waals surface area contributed by atoms with Crippen LogP contribution in [0.25, 0.3) is 0 Å². The molecule has 1 saturated heterocycles. The van der Waals surface area contributed by atoms with E-state index < -0.39 is 10.0 Å². The minimum Gasteiger partial charge on any atom is -0.313 e. The number of likely N-dealkylation sites (N-methyl/N-ethyl adjacent to an activating group) is 1. The zero-order chi connectivity index (χ0) is 11.9. The van der Waals surface area contributed by atoms with E-state index in [9.17, 15) is 8.42 Å². The van der Waals surface area contributed by atoms with E-state index in [1.54, 1.807) is 14.1 Å². The molecule has 7 nitrogen and oxygen atoms in total. The van der Waals surface area contributed by atoms with E-state index in [1.807, 2.05) is 0 Å². The Balaban J connectivity index is 2.38. The summed E-state index contributed by atoms with van der Waals surface area (Å²) in [4.78, 5) is 0. The van der Waals surface area contributed by atoms with Crippen molar-refractivity contribution in [1.29, 1.82) is 0 Å². The molecule has 1 aromatic rings. The first kappa shape index (κ1) is 12.0. The van der Waals surface area contributed by atoms with Crippen LogP contribution >= 0.6 is 15.9 Å². The molecule has 1 N–H and O–H groups in total. The molecule has 1 fully saturated rings. The van der Waals surface area contributed by atoms with Crippen LogP contribution in [-0.4, -0.2) is 53.9 Å². The van der Waals surface area contributed by atoms with Gasteiger partial charge in [-0.15, -0.1) is 5.10 Å². The van der Waals surface area contributed by atoms with E-state index in [0.717, 1.165) is 0 Å². The van der Waals surface area contributed by atoms with Gasteiger partial charge in [0, 0.05) is 33.2 Å². The molecule has 0 unspecified atom stereocenters. The van der Waals surface area contributed by atoms with Crippen molar-refractivity contribution in [2.75, 3.05) is 20.1 Å². The summed E-state index contributed by atoms with van der Waals surface area (Å²) in [7, 11) is -0.410. The second-order valence-corrected chi connectivity index (χ2v) is 6.31. The van der Waals surface area contributed by atoms with Crippen molar-refractivity contribution in [1.82, 2.24) is 24.6 Å². The average Bonchev–Trinajstić information content (AvgIpc) is 2.43. The van der Waals surface area contributed by atoms with Crippen LogP contribution in [0.5, 0.6) is 0 Å². The molecule has 0 aromatic carbocycles. The molecule has 0 atom stereocenters. The molecule has 9 heteroatoms. The Labute approximate surface area is 102 Å². The highest BCUT2D eigenvalue weighted by atomic mass is 79.9. The molecule has 1 aromatic heterocycles. The van der Waals surface area contributed by atoms with Crippen molar-refractivity contribution in [2.24, 2.45) is 7.05 Å². The molecule has 0 radical (unpaired) electrons. The summed E-state index contributed by atoms with van der Waals surface area (Å²) < 4.78 is 27.3. The molecule has 0 aliphatic carbocycles. The van der Waals surface area contributed by atoms with Crippen molar-refractivity contribution in [2.45, 2.75) is 11.1 Å².